The Morgan fingerprint density at radius 2 is 2.15 bits per heavy atom. The Morgan fingerprint density at radius 1 is 1.44 bits per heavy atom. The van der Waals surface area contributed by atoms with Gasteiger partial charge in [0.25, 0.3) is 5.56 Å². The van der Waals surface area contributed by atoms with Gasteiger partial charge < -0.3 is 14.2 Å². The highest BCUT2D eigenvalue weighted by atomic mass is 35.5. The van der Waals surface area contributed by atoms with Crippen LogP contribution in [0.25, 0.3) is 0 Å². The third kappa shape index (κ3) is 5.90. The van der Waals surface area contributed by atoms with Crippen LogP contribution in [0.5, 0.6) is 0 Å². The van der Waals surface area contributed by atoms with Gasteiger partial charge in [0.2, 0.25) is 0 Å². The van der Waals surface area contributed by atoms with Crippen LogP contribution in [0.3, 0.4) is 0 Å². The molecule has 1 aliphatic rings. The number of rotatable bonds is 8. The van der Waals surface area contributed by atoms with Crippen molar-refractivity contribution in [3.63, 3.8) is 0 Å². The number of hydrogen-bond acceptors (Lipinski definition) is 7. The number of halogens is 1. The number of aromatic amines is 1. The second kappa shape index (κ2) is 9.50. The SMILES string of the molecule is Cc1cn(C2OC(COCNC(C)C(=O)OC(C)C)CC2Cl)c(=O)[nH]c1=O. The van der Waals surface area contributed by atoms with Gasteiger partial charge in [-0.1, -0.05) is 0 Å². The number of carbonyl (C=O) groups excluding carboxylic acids is 1. The monoisotopic (exact) mass is 403 g/mol. The second-order valence-corrected chi connectivity index (χ2v) is 7.37. The third-order valence-electron chi connectivity index (χ3n) is 4.05. The number of ether oxygens (including phenoxy) is 3. The van der Waals surface area contributed by atoms with E-state index < -0.39 is 28.9 Å². The van der Waals surface area contributed by atoms with Crippen LogP contribution in [0.4, 0.5) is 0 Å². The summed E-state index contributed by atoms with van der Waals surface area (Å²) in [6, 6.07) is -0.492. The molecule has 2 heterocycles. The zero-order valence-corrected chi connectivity index (χ0v) is 16.6. The predicted molar refractivity (Wildman–Crippen MR) is 98.9 cm³/mol. The van der Waals surface area contributed by atoms with Crippen LogP contribution in [0, 0.1) is 6.92 Å². The maximum Gasteiger partial charge on any atom is 0.330 e. The topological polar surface area (TPSA) is 112 Å². The van der Waals surface area contributed by atoms with E-state index in [2.05, 4.69) is 10.3 Å². The molecule has 4 unspecified atom stereocenters. The van der Waals surface area contributed by atoms with Crippen LogP contribution in [0.2, 0.25) is 0 Å². The van der Waals surface area contributed by atoms with Crippen LogP contribution in [-0.4, -0.2) is 52.5 Å². The van der Waals surface area contributed by atoms with Gasteiger partial charge in [0.05, 0.1) is 30.9 Å². The van der Waals surface area contributed by atoms with E-state index in [0.717, 1.165) is 0 Å². The summed E-state index contributed by atoms with van der Waals surface area (Å²) in [5, 5.41) is 2.47. The van der Waals surface area contributed by atoms with Crippen molar-refractivity contribution in [1.29, 1.82) is 0 Å². The van der Waals surface area contributed by atoms with Gasteiger partial charge in [0, 0.05) is 11.8 Å². The summed E-state index contributed by atoms with van der Waals surface area (Å²) in [4.78, 5) is 37.4. The highest BCUT2D eigenvalue weighted by molar-refractivity contribution is 6.21. The van der Waals surface area contributed by atoms with Crippen LogP contribution >= 0.6 is 11.6 Å². The van der Waals surface area contributed by atoms with Gasteiger partial charge in [-0.3, -0.25) is 24.5 Å². The van der Waals surface area contributed by atoms with Crippen molar-refractivity contribution in [3.8, 4) is 0 Å². The zero-order valence-electron chi connectivity index (χ0n) is 15.9. The molecule has 1 aromatic heterocycles. The molecule has 0 spiro atoms. The molecular weight excluding hydrogens is 378 g/mol. The van der Waals surface area contributed by atoms with Gasteiger partial charge in [-0.15, -0.1) is 11.6 Å². The fraction of sp³-hybridized carbons (Fsp3) is 0.706. The summed E-state index contributed by atoms with van der Waals surface area (Å²) in [5.74, 6) is -0.348. The third-order valence-corrected chi connectivity index (χ3v) is 4.44. The molecule has 2 N–H and O–H groups in total. The van der Waals surface area contributed by atoms with Gasteiger partial charge >= 0.3 is 11.7 Å². The number of aryl methyl sites for hydroxylation is 1. The van der Waals surface area contributed by atoms with Crippen molar-refractivity contribution in [2.45, 2.75) is 64.0 Å². The van der Waals surface area contributed by atoms with E-state index in [9.17, 15) is 14.4 Å². The largest absolute Gasteiger partial charge is 0.462 e. The second-order valence-electron chi connectivity index (χ2n) is 6.81. The first kappa shape index (κ1) is 21.6. The number of alkyl halides is 1. The Kier molecular flexibility index (Phi) is 7.60. The minimum absolute atomic E-state index is 0.142. The van der Waals surface area contributed by atoms with Crippen LogP contribution in [-0.2, 0) is 19.0 Å². The number of esters is 1. The van der Waals surface area contributed by atoms with E-state index in [1.807, 2.05) is 0 Å². The summed E-state index contributed by atoms with van der Waals surface area (Å²) < 4.78 is 17.7. The standard InChI is InChI=1S/C17H26ClN3O6/c1-9(2)26-16(23)11(4)19-8-25-7-12-5-13(18)15(27-12)21-6-10(3)14(22)20-17(21)24/h6,9,11-13,15,19H,5,7-8H2,1-4H3,(H,20,22,24). The van der Waals surface area contributed by atoms with Gasteiger partial charge in [-0.2, -0.15) is 0 Å². The van der Waals surface area contributed by atoms with Crippen molar-refractivity contribution in [2.75, 3.05) is 13.3 Å². The molecule has 9 nitrogen and oxygen atoms in total. The number of hydrogen-bond donors (Lipinski definition) is 2. The van der Waals surface area contributed by atoms with E-state index in [0.29, 0.717) is 12.0 Å². The van der Waals surface area contributed by atoms with Crippen molar-refractivity contribution < 1.29 is 19.0 Å². The lowest BCUT2D eigenvalue weighted by molar-refractivity contribution is -0.150. The van der Waals surface area contributed by atoms with Gasteiger partial charge in [0.15, 0.2) is 6.23 Å². The smallest absolute Gasteiger partial charge is 0.330 e. The molecule has 1 saturated heterocycles. The molecule has 0 radical (unpaired) electrons. The summed E-state index contributed by atoms with van der Waals surface area (Å²) >= 11 is 6.32. The molecule has 0 aliphatic carbocycles. The highest BCUT2D eigenvalue weighted by Crippen LogP contribution is 2.32. The molecule has 2 rings (SSSR count). The summed E-state index contributed by atoms with van der Waals surface area (Å²) in [6.45, 7) is 7.25. The van der Waals surface area contributed by atoms with Crippen molar-refractivity contribution in [2.24, 2.45) is 0 Å². The van der Waals surface area contributed by atoms with E-state index in [-0.39, 0.29) is 31.5 Å². The zero-order chi connectivity index (χ0) is 20.1. The Labute approximate surface area is 161 Å². The lowest BCUT2D eigenvalue weighted by Crippen LogP contribution is -2.38. The highest BCUT2D eigenvalue weighted by Gasteiger charge is 2.36. The van der Waals surface area contributed by atoms with Crippen LogP contribution in [0.15, 0.2) is 15.8 Å². The summed E-state index contributed by atoms with van der Waals surface area (Å²) in [5.41, 5.74) is -0.605. The van der Waals surface area contributed by atoms with E-state index >= 15 is 0 Å². The first-order valence-electron chi connectivity index (χ1n) is 8.82. The van der Waals surface area contributed by atoms with Crippen LogP contribution < -0.4 is 16.6 Å². The first-order valence-corrected chi connectivity index (χ1v) is 9.26. The number of nitrogens with zero attached hydrogens (tertiary/aromatic N) is 1. The molecule has 1 aliphatic heterocycles. The fourth-order valence-corrected chi connectivity index (χ4v) is 3.00. The molecule has 1 fully saturated rings. The van der Waals surface area contributed by atoms with E-state index in [1.165, 1.54) is 10.8 Å². The maximum absolute atomic E-state index is 12.0. The summed E-state index contributed by atoms with van der Waals surface area (Å²) in [6.07, 6.45) is 0.759. The Bertz CT molecular complexity index is 762. The lowest BCUT2D eigenvalue weighted by Gasteiger charge is -2.18. The number of nitrogens with one attached hydrogen (secondary N) is 2. The van der Waals surface area contributed by atoms with Gasteiger partial charge in [-0.05, 0) is 34.1 Å². The number of carbonyl (C=O) groups is 1. The molecule has 1 aromatic rings. The molecular formula is C17H26ClN3O6. The van der Waals surface area contributed by atoms with Gasteiger partial charge in [-0.25, -0.2) is 4.79 Å². The normalized spacial score (nSPS) is 23.6. The predicted octanol–water partition coefficient (Wildman–Crippen LogP) is 0.644. The minimum Gasteiger partial charge on any atom is -0.462 e. The molecule has 27 heavy (non-hydrogen) atoms. The van der Waals surface area contributed by atoms with Crippen molar-refractivity contribution >= 4 is 17.6 Å². The minimum atomic E-state index is -0.684. The molecule has 0 saturated carbocycles. The molecule has 0 aromatic carbocycles. The number of H-pyrrole nitrogens is 1. The van der Waals surface area contributed by atoms with Crippen molar-refractivity contribution in [3.05, 3.63) is 32.6 Å². The maximum atomic E-state index is 12.0. The molecule has 0 amide bonds. The molecule has 10 heteroatoms. The van der Waals surface area contributed by atoms with E-state index in [1.54, 1.807) is 27.7 Å². The molecule has 4 atom stereocenters. The average molecular weight is 404 g/mol. The fourth-order valence-electron chi connectivity index (χ4n) is 2.62. The van der Waals surface area contributed by atoms with E-state index in [4.69, 9.17) is 25.8 Å². The summed E-state index contributed by atoms with van der Waals surface area (Å²) in [7, 11) is 0. The first-order chi connectivity index (χ1) is 12.7. The lowest BCUT2D eigenvalue weighted by atomic mass is 10.2. The quantitative estimate of drug-likeness (QED) is 0.283. The van der Waals surface area contributed by atoms with Crippen LogP contribution in [0.1, 0.15) is 39.0 Å². The average Bonchev–Trinajstić information content (AvgIpc) is 2.94. The molecule has 152 valence electrons. The van der Waals surface area contributed by atoms with Crippen molar-refractivity contribution in [1.82, 2.24) is 14.9 Å². The number of aromatic nitrogens is 2. The Hall–Kier alpha value is -1.68. The van der Waals surface area contributed by atoms with Gasteiger partial charge in [0.1, 0.15) is 6.04 Å². The Balaban J connectivity index is 1.82. The Morgan fingerprint density at radius 3 is 2.81 bits per heavy atom. The molecule has 0 bridgehead atoms.